The average molecular weight is 170 g/mol. The van der Waals surface area contributed by atoms with Gasteiger partial charge in [0.2, 0.25) is 0 Å². The molecule has 0 aliphatic heterocycles. The summed E-state index contributed by atoms with van der Waals surface area (Å²) in [5, 5.41) is 8.35. The van der Waals surface area contributed by atoms with Crippen LogP contribution < -0.4 is 0 Å². The Morgan fingerprint density at radius 1 is 1.25 bits per heavy atom. The van der Waals surface area contributed by atoms with E-state index in [1.165, 1.54) is 0 Å². The fraction of sp³-hybridized carbons (Fsp3) is 0.556. The summed E-state index contributed by atoms with van der Waals surface area (Å²) in [6.07, 6.45) is 3.38. The summed E-state index contributed by atoms with van der Waals surface area (Å²) in [7, 11) is 1.60. The van der Waals surface area contributed by atoms with Crippen LogP contribution in [0.25, 0.3) is 0 Å². The third-order valence-corrected chi connectivity index (χ3v) is 1.00. The third-order valence-electron chi connectivity index (χ3n) is 1.00. The molecule has 68 valence electrons. The molecule has 0 spiro atoms. The van der Waals surface area contributed by atoms with E-state index >= 15 is 0 Å². The first-order valence-electron chi connectivity index (χ1n) is 3.70. The van der Waals surface area contributed by atoms with Crippen LogP contribution in [0.4, 0.5) is 0 Å². The van der Waals surface area contributed by atoms with Crippen molar-refractivity contribution in [1.29, 1.82) is 0 Å². The van der Waals surface area contributed by atoms with Gasteiger partial charge in [0.15, 0.2) is 0 Å². The second-order valence-electron chi connectivity index (χ2n) is 1.96. The molecule has 3 nitrogen and oxygen atoms in total. The van der Waals surface area contributed by atoms with Gasteiger partial charge >= 0.3 is 0 Å². The normalized spacial score (nSPS) is 9.83. The van der Waals surface area contributed by atoms with E-state index < -0.39 is 0 Å². The SMILES string of the molecule is COCC#CCOC/C=C\CO. The molecule has 0 fully saturated rings. The minimum Gasteiger partial charge on any atom is -0.392 e. The minimum atomic E-state index is 0.0543. The molecule has 0 saturated carbocycles. The van der Waals surface area contributed by atoms with Crippen LogP contribution in [0.3, 0.4) is 0 Å². The smallest absolute Gasteiger partial charge is 0.108 e. The number of hydrogen-bond donors (Lipinski definition) is 1. The molecule has 0 aromatic rings. The molecule has 0 saturated heterocycles. The molecule has 0 aliphatic rings. The van der Waals surface area contributed by atoms with Crippen LogP contribution in [0.15, 0.2) is 12.2 Å². The van der Waals surface area contributed by atoms with Gasteiger partial charge in [0.1, 0.15) is 13.2 Å². The van der Waals surface area contributed by atoms with Gasteiger partial charge in [0.05, 0.1) is 13.2 Å². The number of rotatable bonds is 5. The van der Waals surface area contributed by atoms with Crippen LogP contribution in [-0.2, 0) is 9.47 Å². The van der Waals surface area contributed by atoms with Crippen molar-refractivity contribution in [2.24, 2.45) is 0 Å². The average Bonchev–Trinajstić information content (AvgIpc) is 2.10. The van der Waals surface area contributed by atoms with Crippen molar-refractivity contribution in [2.75, 3.05) is 33.5 Å². The maximum absolute atomic E-state index is 8.35. The Morgan fingerprint density at radius 3 is 2.67 bits per heavy atom. The number of aliphatic hydroxyl groups is 1. The predicted molar refractivity (Wildman–Crippen MR) is 46.7 cm³/mol. The zero-order chi connectivity index (χ0) is 9.07. The van der Waals surface area contributed by atoms with E-state index in [1.54, 1.807) is 19.3 Å². The Hall–Kier alpha value is -0.820. The highest BCUT2D eigenvalue weighted by molar-refractivity contribution is 4.99. The molecule has 0 unspecified atom stereocenters. The molecule has 0 atom stereocenters. The van der Waals surface area contributed by atoms with Crippen molar-refractivity contribution in [3.63, 3.8) is 0 Å². The lowest BCUT2D eigenvalue weighted by molar-refractivity contribution is 0.197. The highest BCUT2D eigenvalue weighted by Gasteiger charge is 1.76. The molecule has 0 amide bonds. The summed E-state index contributed by atoms with van der Waals surface area (Å²) in [6, 6.07) is 0. The fourth-order valence-corrected chi connectivity index (χ4v) is 0.495. The minimum absolute atomic E-state index is 0.0543. The van der Waals surface area contributed by atoms with Crippen LogP contribution in [0.2, 0.25) is 0 Å². The highest BCUT2D eigenvalue weighted by atomic mass is 16.5. The van der Waals surface area contributed by atoms with Gasteiger partial charge in [-0.05, 0) is 0 Å². The predicted octanol–water partition coefficient (Wildman–Crippen LogP) is 0.201. The molecule has 3 heteroatoms. The van der Waals surface area contributed by atoms with E-state index in [2.05, 4.69) is 11.8 Å². The molecule has 1 N–H and O–H groups in total. The second kappa shape index (κ2) is 10.2. The summed E-state index contributed by atoms with van der Waals surface area (Å²) < 4.78 is 9.77. The van der Waals surface area contributed by atoms with Gasteiger partial charge < -0.3 is 14.6 Å². The molecule has 0 aromatic carbocycles. The van der Waals surface area contributed by atoms with Crippen LogP contribution in [0, 0.1) is 11.8 Å². The largest absolute Gasteiger partial charge is 0.392 e. The van der Waals surface area contributed by atoms with Crippen molar-refractivity contribution in [2.45, 2.75) is 0 Å². The van der Waals surface area contributed by atoms with Crippen molar-refractivity contribution in [3.05, 3.63) is 12.2 Å². The van der Waals surface area contributed by atoms with Crippen molar-refractivity contribution in [3.8, 4) is 11.8 Å². The molecular formula is C9H14O3. The first kappa shape index (κ1) is 11.2. The van der Waals surface area contributed by atoms with E-state index in [-0.39, 0.29) is 6.61 Å². The van der Waals surface area contributed by atoms with Crippen molar-refractivity contribution >= 4 is 0 Å². The summed E-state index contributed by atoms with van der Waals surface area (Å²) in [5.74, 6) is 5.52. The molecule has 0 aromatic heterocycles. The standard InChI is InChI=1S/C9H14O3/c1-11-7-4-5-9-12-8-3-2-6-10/h2-3,10H,6-9H2,1H3/b3-2-. The first-order valence-corrected chi connectivity index (χ1v) is 3.70. The number of hydrogen-bond acceptors (Lipinski definition) is 3. The van der Waals surface area contributed by atoms with Crippen LogP contribution in [-0.4, -0.2) is 38.6 Å². The second-order valence-corrected chi connectivity index (χ2v) is 1.96. The van der Waals surface area contributed by atoms with Gasteiger partial charge in [-0.3, -0.25) is 0 Å². The van der Waals surface area contributed by atoms with E-state index in [4.69, 9.17) is 14.6 Å². The Morgan fingerprint density at radius 2 is 2.00 bits per heavy atom. The van der Waals surface area contributed by atoms with Gasteiger partial charge in [-0.15, -0.1) is 0 Å². The fourth-order valence-electron chi connectivity index (χ4n) is 0.495. The Bertz CT molecular complexity index is 164. The summed E-state index contributed by atoms with van der Waals surface area (Å²) in [4.78, 5) is 0. The summed E-state index contributed by atoms with van der Waals surface area (Å²) in [6.45, 7) is 1.38. The zero-order valence-corrected chi connectivity index (χ0v) is 7.25. The van der Waals surface area contributed by atoms with E-state index in [0.717, 1.165) is 0 Å². The van der Waals surface area contributed by atoms with Gasteiger partial charge in [-0.2, -0.15) is 0 Å². The van der Waals surface area contributed by atoms with Crippen LogP contribution >= 0.6 is 0 Å². The highest BCUT2D eigenvalue weighted by Crippen LogP contribution is 1.76. The van der Waals surface area contributed by atoms with Gasteiger partial charge in [0, 0.05) is 7.11 Å². The molecular weight excluding hydrogens is 156 g/mol. The topological polar surface area (TPSA) is 38.7 Å². The van der Waals surface area contributed by atoms with E-state index in [1.807, 2.05) is 0 Å². The first-order chi connectivity index (χ1) is 5.91. The van der Waals surface area contributed by atoms with Gasteiger partial charge in [-0.1, -0.05) is 24.0 Å². The third kappa shape index (κ3) is 9.18. The van der Waals surface area contributed by atoms with Gasteiger partial charge in [-0.25, -0.2) is 0 Å². The lowest BCUT2D eigenvalue weighted by atomic mass is 10.5. The maximum atomic E-state index is 8.35. The molecule has 0 rings (SSSR count). The Kier molecular flexibility index (Phi) is 9.48. The number of ether oxygens (including phenoxy) is 2. The van der Waals surface area contributed by atoms with E-state index in [9.17, 15) is 0 Å². The summed E-state index contributed by atoms with van der Waals surface area (Å²) >= 11 is 0. The number of methoxy groups -OCH3 is 1. The summed E-state index contributed by atoms with van der Waals surface area (Å²) in [5.41, 5.74) is 0. The van der Waals surface area contributed by atoms with Crippen molar-refractivity contribution in [1.82, 2.24) is 0 Å². The quantitative estimate of drug-likeness (QED) is 0.364. The molecule has 0 radical (unpaired) electrons. The van der Waals surface area contributed by atoms with Crippen LogP contribution in [0.5, 0.6) is 0 Å². The molecule has 0 aliphatic carbocycles. The zero-order valence-electron chi connectivity index (χ0n) is 7.25. The molecule has 12 heavy (non-hydrogen) atoms. The van der Waals surface area contributed by atoms with Gasteiger partial charge in [0.25, 0.3) is 0 Å². The Labute approximate surface area is 73.0 Å². The Balaban J connectivity index is 3.11. The number of aliphatic hydroxyl groups excluding tert-OH is 1. The lowest BCUT2D eigenvalue weighted by Gasteiger charge is -1.91. The monoisotopic (exact) mass is 170 g/mol. The maximum Gasteiger partial charge on any atom is 0.108 e. The van der Waals surface area contributed by atoms with Crippen LogP contribution in [0.1, 0.15) is 0 Å². The molecule has 0 heterocycles. The lowest BCUT2D eigenvalue weighted by Crippen LogP contribution is -1.92. The molecule has 0 bridgehead atoms. The van der Waals surface area contributed by atoms with E-state index in [0.29, 0.717) is 19.8 Å². The van der Waals surface area contributed by atoms with Crippen molar-refractivity contribution < 1.29 is 14.6 Å².